The van der Waals surface area contributed by atoms with Crippen molar-refractivity contribution in [2.24, 2.45) is 0 Å². The molecule has 1 fully saturated rings. The lowest BCUT2D eigenvalue weighted by Gasteiger charge is -2.23. The first-order chi connectivity index (χ1) is 20.6. The Hall–Kier alpha value is -3.37. The highest BCUT2D eigenvalue weighted by molar-refractivity contribution is 8.00. The first kappa shape index (κ1) is 29.7. The Morgan fingerprint density at radius 3 is 2.58 bits per heavy atom. The number of aromatic nitrogens is 2. The number of hydrogen-bond acceptors (Lipinski definition) is 8. The standard InChI is InChI=1S/C32H27Cl2N3O4S2/c1-16(2)18-4-6-19(7-5-18)27-26(28(38)20-9-11-25-22(13-20)12-17(3)41-25)29(39)30(40)37(27)31-35-36-32(43-31)42-15-21-8-10-23(33)14-24(21)34/h4-11,13-14,16-17,27,38H,12,15H2,1-3H3/b28-26+/t17-,27-/m0/s1. The number of nitrogens with zero attached hydrogens (tertiary/aromatic N) is 3. The van der Waals surface area contributed by atoms with E-state index in [1.807, 2.05) is 43.3 Å². The SMILES string of the molecule is CC(C)c1ccc([C@H]2/C(=C(\O)c3ccc4c(c3)C[C@H](C)O4)C(=O)C(=O)N2c2nnc(SCc3ccc(Cl)cc3Cl)s2)cc1. The molecule has 4 aromatic rings. The van der Waals surface area contributed by atoms with Gasteiger partial charge in [0.05, 0.1) is 11.6 Å². The van der Waals surface area contributed by atoms with Gasteiger partial charge in [-0.25, -0.2) is 0 Å². The molecule has 11 heteroatoms. The van der Waals surface area contributed by atoms with Crippen molar-refractivity contribution >= 4 is 68.9 Å². The van der Waals surface area contributed by atoms with Gasteiger partial charge >= 0.3 is 5.91 Å². The summed E-state index contributed by atoms with van der Waals surface area (Å²) in [6.45, 7) is 6.17. The third kappa shape index (κ3) is 5.79. The number of thioether (sulfide) groups is 1. The van der Waals surface area contributed by atoms with Crippen LogP contribution in [0.1, 0.15) is 60.5 Å². The topological polar surface area (TPSA) is 92.6 Å². The number of carbonyl (C=O) groups is 2. The molecule has 7 nitrogen and oxygen atoms in total. The summed E-state index contributed by atoms with van der Waals surface area (Å²) < 4.78 is 6.41. The van der Waals surface area contributed by atoms with Gasteiger partial charge in [-0.15, -0.1) is 10.2 Å². The lowest BCUT2D eigenvalue weighted by molar-refractivity contribution is -0.132. The van der Waals surface area contributed by atoms with E-state index in [2.05, 4.69) is 24.0 Å². The zero-order chi connectivity index (χ0) is 30.4. The minimum Gasteiger partial charge on any atom is -0.507 e. The summed E-state index contributed by atoms with van der Waals surface area (Å²) in [5.41, 5.74) is 4.07. The Labute approximate surface area is 267 Å². The predicted molar refractivity (Wildman–Crippen MR) is 171 cm³/mol. The van der Waals surface area contributed by atoms with Gasteiger partial charge in [0.2, 0.25) is 5.13 Å². The first-order valence-corrected chi connectivity index (χ1v) is 16.3. The monoisotopic (exact) mass is 651 g/mol. The quantitative estimate of drug-likeness (QED) is 0.0707. The fraction of sp³-hybridized carbons (Fsp3) is 0.250. The summed E-state index contributed by atoms with van der Waals surface area (Å²) in [5.74, 6) is -0.219. The molecule has 1 aromatic heterocycles. The summed E-state index contributed by atoms with van der Waals surface area (Å²) in [4.78, 5) is 28.6. The number of aliphatic hydroxyl groups is 1. The van der Waals surface area contributed by atoms with E-state index < -0.39 is 17.7 Å². The number of aliphatic hydroxyl groups excluding tert-OH is 1. The van der Waals surface area contributed by atoms with E-state index in [9.17, 15) is 14.7 Å². The average Bonchev–Trinajstić information content (AvgIpc) is 3.67. The predicted octanol–water partition coefficient (Wildman–Crippen LogP) is 8.21. The number of anilines is 1. The Bertz CT molecular complexity index is 1770. The number of Topliss-reactive ketones (excluding diaryl/α,β-unsaturated/α-hetero) is 1. The molecule has 0 bridgehead atoms. The van der Waals surface area contributed by atoms with Crippen molar-refractivity contribution in [3.8, 4) is 5.75 Å². The normalized spacial score (nSPS) is 19.3. The number of rotatable bonds is 7. The van der Waals surface area contributed by atoms with Crippen LogP contribution in [-0.4, -0.2) is 33.1 Å². The van der Waals surface area contributed by atoms with Crippen LogP contribution in [0.4, 0.5) is 5.13 Å². The Kier molecular flexibility index (Phi) is 8.26. The highest BCUT2D eigenvalue weighted by Gasteiger charge is 2.48. The minimum absolute atomic E-state index is 0.00607. The van der Waals surface area contributed by atoms with Crippen LogP contribution in [-0.2, 0) is 21.8 Å². The molecule has 43 heavy (non-hydrogen) atoms. The van der Waals surface area contributed by atoms with Gasteiger partial charge in [0.25, 0.3) is 5.78 Å². The van der Waals surface area contributed by atoms with Crippen molar-refractivity contribution in [2.75, 3.05) is 4.90 Å². The van der Waals surface area contributed by atoms with Crippen LogP contribution in [0, 0.1) is 0 Å². The van der Waals surface area contributed by atoms with Gasteiger partial charge < -0.3 is 9.84 Å². The second-order valence-corrected chi connectivity index (χ2v) is 13.8. The van der Waals surface area contributed by atoms with Crippen LogP contribution < -0.4 is 9.64 Å². The summed E-state index contributed by atoms with van der Waals surface area (Å²) in [6.07, 6.45) is 0.717. The van der Waals surface area contributed by atoms with Gasteiger partial charge in [0.15, 0.2) is 4.34 Å². The number of ketones is 1. The molecule has 1 N–H and O–H groups in total. The fourth-order valence-corrected chi connectivity index (χ4v) is 7.70. The summed E-state index contributed by atoms with van der Waals surface area (Å²) in [6, 6.07) is 17.5. The fourth-order valence-electron chi connectivity index (χ4n) is 5.27. The molecule has 3 heterocycles. The van der Waals surface area contributed by atoms with E-state index in [1.54, 1.807) is 24.3 Å². The summed E-state index contributed by atoms with van der Waals surface area (Å²) in [7, 11) is 0. The number of benzene rings is 3. The zero-order valence-corrected chi connectivity index (χ0v) is 26.7. The Morgan fingerprint density at radius 1 is 1.09 bits per heavy atom. The Balaban J connectivity index is 1.38. The molecule has 0 spiro atoms. The van der Waals surface area contributed by atoms with E-state index in [0.29, 0.717) is 43.6 Å². The van der Waals surface area contributed by atoms with Crippen LogP contribution in [0.15, 0.2) is 70.6 Å². The maximum absolute atomic E-state index is 13.6. The van der Waals surface area contributed by atoms with Crippen molar-refractivity contribution in [3.63, 3.8) is 0 Å². The number of carbonyl (C=O) groups excluding carboxylic acids is 2. The van der Waals surface area contributed by atoms with E-state index in [-0.39, 0.29) is 22.6 Å². The molecule has 2 aliphatic heterocycles. The second kappa shape index (κ2) is 12.0. The maximum Gasteiger partial charge on any atom is 0.301 e. The zero-order valence-electron chi connectivity index (χ0n) is 23.5. The number of ether oxygens (including phenoxy) is 1. The molecule has 1 amide bonds. The van der Waals surface area contributed by atoms with Crippen LogP contribution in [0.5, 0.6) is 5.75 Å². The van der Waals surface area contributed by atoms with Crippen LogP contribution in [0.3, 0.4) is 0 Å². The molecule has 0 unspecified atom stereocenters. The molecular formula is C32H27Cl2N3O4S2. The minimum atomic E-state index is -0.888. The van der Waals surface area contributed by atoms with Crippen molar-refractivity contribution < 1.29 is 19.4 Å². The Morgan fingerprint density at radius 2 is 1.86 bits per heavy atom. The first-order valence-electron chi connectivity index (χ1n) is 13.7. The summed E-state index contributed by atoms with van der Waals surface area (Å²) >= 11 is 15.0. The highest BCUT2D eigenvalue weighted by atomic mass is 35.5. The van der Waals surface area contributed by atoms with E-state index in [1.165, 1.54) is 28.0 Å². The van der Waals surface area contributed by atoms with Gasteiger partial charge in [0.1, 0.15) is 17.6 Å². The number of halogens is 2. The van der Waals surface area contributed by atoms with Crippen LogP contribution in [0.2, 0.25) is 10.0 Å². The molecule has 2 atom stereocenters. The smallest absolute Gasteiger partial charge is 0.301 e. The molecule has 0 saturated carbocycles. The molecule has 2 aliphatic rings. The van der Waals surface area contributed by atoms with Gasteiger partial charge in [-0.1, -0.05) is 90.5 Å². The lowest BCUT2D eigenvalue weighted by Crippen LogP contribution is -2.29. The van der Waals surface area contributed by atoms with E-state index >= 15 is 0 Å². The number of hydrogen-bond donors (Lipinski definition) is 1. The van der Waals surface area contributed by atoms with Crippen molar-refractivity contribution in [1.82, 2.24) is 10.2 Å². The van der Waals surface area contributed by atoms with E-state index in [4.69, 9.17) is 27.9 Å². The van der Waals surface area contributed by atoms with E-state index in [0.717, 1.165) is 22.4 Å². The van der Waals surface area contributed by atoms with Crippen LogP contribution >= 0.6 is 46.3 Å². The largest absolute Gasteiger partial charge is 0.507 e. The molecule has 6 rings (SSSR count). The molecule has 1 saturated heterocycles. The molecule has 3 aromatic carbocycles. The van der Waals surface area contributed by atoms with Crippen molar-refractivity contribution in [1.29, 1.82) is 0 Å². The van der Waals surface area contributed by atoms with Gasteiger partial charge in [-0.05, 0) is 65.4 Å². The highest BCUT2D eigenvalue weighted by Crippen LogP contribution is 2.45. The second-order valence-electron chi connectivity index (χ2n) is 10.8. The summed E-state index contributed by atoms with van der Waals surface area (Å²) in [5, 5.41) is 21.5. The average molecular weight is 653 g/mol. The van der Waals surface area contributed by atoms with Crippen molar-refractivity contribution in [2.45, 2.75) is 55.3 Å². The molecular weight excluding hydrogens is 625 g/mol. The molecule has 0 aliphatic carbocycles. The van der Waals surface area contributed by atoms with Gasteiger partial charge in [0, 0.05) is 27.8 Å². The third-order valence-electron chi connectivity index (χ3n) is 7.50. The molecule has 220 valence electrons. The van der Waals surface area contributed by atoms with Crippen molar-refractivity contribution in [3.05, 3.63) is 104 Å². The molecule has 0 radical (unpaired) electrons. The van der Waals surface area contributed by atoms with Gasteiger partial charge in [-0.3, -0.25) is 14.5 Å². The number of fused-ring (bicyclic) bond motifs is 1. The third-order valence-corrected chi connectivity index (χ3v) is 10.2. The number of amides is 1. The van der Waals surface area contributed by atoms with Crippen LogP contribution in [0.25, 0.3) is 5.76 Å². The maximum atomic E-state index is 13.6. The lowest BCUT2D eigenvalue weighted by atomic mass is 9.93. The van der Waals surface area contributed by atoms with Gasteiger partial charge in [-0.2, -0.15) is 0 Å².